The average molecular weight is 414 g/mol. The minimum atomic E-state index is -0.0150. The zero-order valence-electron chi connectivity index (χ0n) is 17.4. The van der Waals surface area contributed by atoms with E-state index in [0.29, 0.717) is 40.4 Å². The van der Waals surface area contributed by atoms with Gasteiger partial charge < -0.3 is 9.88 Å². The highest BCUT2D eigenvalue weighted by molar-refractivity contribution is 7.71. The van der Waals surface area contributed by atoms with Crippen LogP contribution in [0.2, 0.25) is 0 Å². The molecule has 0 bridgehead atoms. The van der Waals surface area contributed by atoms with Crippen molar-refractivity contribution in [2.24, 2.45) is 23.7 Å². The molecule has 2 aromatic rings. The van der Waals surface area contributed by atoms with Crippen LogP contribution in [-0.2, 0) is 11.3 Å². The van der Waals surface area contributed by atoms with Crippen molar-refractivity contribution in [3.63, 3.8) is 0 Å². The Hall–Kier alpha value is -1.95. The fraction of sp³-hybridized carbons (Fsp3) is 0.609. The molecule has 2 aliphatic rings. The third kappa shape index (κ3) is 4.32. The predicted molar refractivity (Wildman–Crippen MR) is 118 cm³/mol. The topological polar surface area (TPSA) is 58.1 Å². The van der Waals surface area contributed by atoms with E-state index >= 15 is 0 Å². The number of H-pyrrole nitrogens is 1. The second kappa shape index (κ2) is 8.42. The van der Waals surface area contributed by atoms with Gasteiger partial charge in [-0.2, -0.15) is 0 Å². The number of fused-ring (bicyclic) bond motifs is 1. The lowest BCUT2D eigenvalue weighted by atomic mass is 9.80. The van der Waals surface area contributed by atoms with Gasteiger partial charge in [0, 0.05) is 25.6 Å². The van der Waals surface area contributed by atoms with Crippen LogP contribution in [0.25, 0.3) is 10.9 Å². The Kier molecular flexibility index (Phi) is 5.91. The third-order valence-corrected chi connectivity index (χ3v) is 7.03. The van der Waals surface area contributed by atoms with Crippen molar-refractivity contribution < 1.29 is 4.79 Å². The molecule has 5 nitrogen and oxygen atoms in total. The maximum Gasteiger partial charge on any atom is 0.262 e. The fourth-order valence-electron chi connectivity index (χ4n) is 5.32. The number of benzene rings is 1. The number of amides is 1. The van der Waals surface area contributed by atoms with Crippen LogP contribution in [0.15, 0.2) is 29.1 Å². The number of aromatic amines is 1. The minimum absolute atomic E-state index is 0.0150. The summed E-state index contributed by atoms with van der Waals surface area (Å²) in [4.78, 5) is 31.2. The highest BCUT2D eigenvalue weighted by Crippen LogP contribution is 2.32. The fourth-order valence-corrected chi connectivity index (χ4v) is 5.58. The Morgan fingerprint density at radius 1 is 1.10 bits per heavy atom. The highest BCUT2D eigenvalue weighted by atomic mass is 32.1. The van der Waals surface area contributed by atoms with Gasteiger partial charge in [-0.3, -0.25) is 14.2 Å². The van der Waals surface area contributed by atoms with Gasteiger partial charge in [0.25, 0.3) is 5.56 Å². The first kappa shape index (κ1) is 20.3. The number of nitrogens with one attached hydrogen (secondary N) is 1. The molecule has 1 saturated heterocycles. The average Bonchev–Trinajstić information content (AvgIpc) is 2.70. The van der Waals surface area contributed by atoms with E-state index < -0.39 is 0 Å². The lowest BCUT2D eigenvalue weighted by Crippen LogP contribution is -2.46. The Bertz CT molecular complexity index is 993. The zero-order chi connectivity index (χ0) is 20.5. The third-order valence-electron chi connectivity index (χ3n) is 6.71. The normalized spacial score (nSPS) is 27.9. The van der Waals surface area contributed by atoms with Crippen LogP contribution in [0.3, 0.4) is 0 Å². The summed E-state index contributed by atoms with van der Waals surface area (Å²) < 4.78 is 2.20. The monoisotopic (exact) mass is 413 g/mol. The number of carbonyl (C=O) groups excluding carboxylic acids is 1. The van der Waals surface area contributed by atoms with Gasteiger partial charge in [-0.05, 0) is 74.2 Å². The summed E-state index contributed by atoms with van der Waals surface area (Å²) in [5.41, 5.74) is 0.775. The Morgan fingerprint density at radius 3 is 2.45 bits per heavy atom. The van der Waals surface area contributed by atoms with Gasteiger partial charge in [-0.15, -0.1) is 0 Å². The van der Waals surface area contributed by atoms with Gasteiger partial charge in [0.15, 0.2) is 4.77 Å². The number of rotatable bonds is 3. The molecular formula is C23H31N3O2S. The second-order valence-corrected chi connectivity index (χ2v) is 9.69. The van der Waals surface area contributed by atoms with Crippen molar-refractivity contribution in [3.05, 3.63) is 39.4 Å². The summed E-state index contributed by atoms with van der Waals surface area (Å²) in [5, 5.41) is 0.679. The lowest BCUT2D eigenvalue weighted by molar-refractivity contribution is -0.139. The molecule has 4 rings (SSSR count). The smallest absolute Gasteiger partial charge is 0.262 e. The second-order valence-electron chi connectivity index (χ2n) is 9.30. The van der Waals surface area contributed by atoms with Gasteiger partial charge in [0.2, 0.25) is 5.91 Å². The van der Waals surface area contributed by atoms with Gasteiger partial charge in [0.1, 0.15) is 0 Å². The number of piperidine rings is 1. The van der Waals surface area contributed by atoms with E-state index in [2.05, 4.69) is 23.7 Å². The molecule has 0 radical (unpaired) electrons. The summed E-state index contributed by atoms with van der Waals surface area (Å²) in [6.45, 7) is 6.95. The number of hydrogen-bond donors (Lipinski definition) is 1. The van der Waals surface area contributed by atoms with E-state index in [1.54, 1.807) is 4.57 Å². The predicted octanol–water partition coefficient (Wildman–Crippen LogP) is 4.37. The van der Waals surface area contributed by atoms with Crippen LogP contribution in [0.5, 0.6) is 0 Å². The van der Waals surface area contributed by atoms with E-state index in [1.165, 1.54) is 6.42 Å². The number of carbonyl (C=O) groups is 1. The Morgan fingerprint density at radius 2 is 1.76 bits per heavy atom. The number of hydrogen-bond acceptors (Lipinski definition) is 3. The van der Waals surface area contributed by atoms with Crippen molar-refractivity contribution in [2.75, 3.05) is 13.1 Å². The number of aromatic nitrogens is 2. The molecule has 0 spiro atoms. The summed E-state index contributed by atoms with van der Waals surface area (Å²) in [5.74, 6) is 2.09. The maximum atomic E-state index is 13.0. The molecule has 1 saturated carbocycles. The first-order chi connectivity index (χ1) is 13.9. The largest absolute Gasteiger partial charge is 0.342 e. The van der Waals surface area contributed by atoms with Crippen LogP contribution < -0.4 is 5.56 Å². The van der Waals surface area contributed by atoms with Gasteiger partial charge in [0.05, 0.1) is 10.9 Å². The number of para-hydroxylation sites is 1. The molecule has 2 fully saturated rings. The van der Waals surface area contributed by atoms with Crippen molar-refractivity contribution in [1.82, 2.24) is 14.5 Å². The summed E-state index contributed by atoms with van der Waals surface area (Å²) in [6.07, 6.45) is 5.01. The summed E-state index contributed by atoms with van der Waals surface area (Å²) in [7, 11) is 0. The molecule has 1 aromatic carbocycles. The molecule has 1 N–H and O–H groups in total. The summed E-state index contributed by atoms with van der Waals surface area (Å²) in [6, 6.07) is 7.51. The molecule has 0 unspecified atom stereocenters. The van der Waals surface area contributed by atoms with Crippen LogP contribution >= 0.6 is 12.2 Å². The van der Waals surface area contributed by atoms with E-state index in [1.807, 2.05) is 24.3 Å². The van der Waals surface area contributed by atoms with Crippen molar-refractivity contribution >= 4 is 29.0 Å². The van der Waals surface area contributed by atoms with E-state index in [0.717, 1.165) is 44.3 Å². The van der Waals surface area contributed by atoms with Crippen molar-refractivity contribution in [3.8, 4) is 0 Å². The molecule has 29 heavy (non-hydrogen) atoms. The van der Waals surface area contributed by atoms with E-state index in [4.69, 9.17) is 12.2 Å². The Balaban J connectivity index is 1.41. The standard InChI is InChI=1S/C23H31N3O2S/c1-15-11-16(2)13-25(12-15)21(27)18-9-7-17(8-10-18)14-26-22(28)19-5-3-4-6-20(19)24-23(26)29/h3-6,15-18H,7-14H2,1-2H3,(H,24,29)/t15-,16+,17?,18?. The molecular weight excluding hydrogens is 382 g/mol. The molecule has 2 heterocycles. The zero-order valence-corrected chi connectivity index (χ0v) is 18.2. The quantitative estimate of drug-likeness (QED) is 0.760. The molecule has 156 valence electrons. The van der Waals surface area contributed by atoms with Gasteiger partial charge >= 0.3 is 0 Å². The Labute approximate surface area is 177 Å². The lowest BCUT2D eigenvalue weighted by Gasteiger charge is -2.38. The first-order valence-corrected chi connectivity index (χ1v) is 11.3. The van der Waals surface area contributed by atoms with Crippen LogP contribution in [-0.4, -0.2) is 33.4 Å². The number of nitrogens with zero attached hydrogens (tertiary/aromatic N) is 2. The molecule has 2 atom stereocenters. The minimum Gasteiger partial charge on any atom is -0.342 e. The summed E-state index contributed by atoms with van der Waals surface area (Å²) >= 11 is 5.45. The molecule has 1 aromatic heterocycles. The molecule has 6 heteroatoms. The molecule has 1 aliphatic carbocycles. The molecule has 1 amide bonds. The van der Waals surface area contributed by atoms with Crippen LogP contribution in [0, 0.1) is 28.4 Å². The van der Waals surface area contributed by atoms with Gasteiger partial charge in [-0.1, -0.05) is 26.0 Å². The van der Waals surface area contributed by atoms with Crippen molar-refractivity contribution in [2.45, 2.75) is 52.5 Å². The van der Waals surface area contributed by atoms with Gasteiger partial charge in [-0.25, -0.2) is 0 Å². The maximum absolute atomic E-state index is 13.0. The SMILES string of the molecule is C[C@@H]1C[C@H](C)CN(C(=O)C2CCC(Cn3c(=S)[nH]c4ccccc4c3=O)CC2)C1. The number of likely N-dealkylation sites (tertiary alicyclic amines) is 1. The molecule has 1 aliphatic heterocycles. The first-order valence-electron chi connectivity index (χ1n) is 10.9. The van der Waals surface area contributed by atoms with E-state index in [9.17, 15) is 9.59 Å². The van der Waals surface area contributed by atoms with E-state index in [-0.39, 0.29) is 11.5 Å². The van der Waals surface area contributed by atoms with Crippen molar-refractivity contribution in [1.29, 1.82) is 0 Å². The highest BCUT2D eigenvalue weighted by Gasteiger charge is 2.33. The van der Waals surface area contributed by atoms with Crippen LogP contribution in [0.1, 0.15) is 46.0 Å². The van der Waals surface area contributed by atoms with Crippen LogP contribution in [0.4, 0.5) is 0 Å².